The number of nitrogens with zero attached hydrogens (tertiary/aromatic N) is 9. The Kier molecular flexibility index (Phi) is 13.6. The number of carbonyl (C=O) groups excluding carboxylic acids is 1. The molecule has 0 bridgehead atoms. The Morgan fingerprint density at radius 2 is 1.35 bits per heavy atom. The summed E-state index contributed by atoms with van der Waals surface area (Å²) in [5, 5.41) is 46.2. The molecule has 2 atom stereocenters. The predicted molar refractivity (Wildman–Crippen MR) is 253 cm³/mol. The summed E-state index contributed by atoms with van der Waals surface area (Å²) in [4.78, 5) is 79.7. The van der Waals surface area contributed by atoms with Crippen LogP contribution in [0.25, 0.3) is 48.6 Å². The number of aliphatic carboxylic acids is 1. The second-order valence-corrected chi connectivity index (χ2v) is 16.8. The van der Waals surface area contributed by atoms with Crippen molar-refractivity contribution in [2.75, 3.05) is 19.6 Å². The number of carboxylic acids is 2. The molecule has 1 saturated heterocycles. The summed E-state index contributed by atoms with van der Waals surface area (Å²) < 4.78 is 2.78. The van der Waals surface area contributed by atoms with Gasteiger partial charge in [0.1, 0.15) is 6.04 Å². The smallest absolute Gasteiger partial charge is 0.338 e. The number of fused-ring (bicyclic) bond motifs is 4. The van der Waals surface area contributed by atoms with Crippen molar-refractivity contribution in [1.29, 1.82) is 0 Å². The van der Waals surface area contributed by atoms with E-state index in [0.29, 0.717) is 13.0 Å². The summed E-state index contributed by atoms with van der Waals surface area (Å²) in [5.41, 5.74) is 4.55. The lowest BCUT2D eigenvalue weighted by Crippen LogP contribution is -2.45. The number of aromatic amines is 2. The van der Waals surface area contributed by atoms with E-state index in [0.717, 1.165) is 32.9 Å². The lowest BCUT2D eigenvalue weighted by atomic mass is 10.1. The number of amides is 1. The predicted octanol–water partition coefficient (Wildman–Crippen LogP) is 4.98. The Bertz CT molecular complexity index is 3530. The van der Waals surface area contributed by atoms with Crippen molar-refractivity contribution in [3.05, 3.63) is 148 Å². The quantitative estimate of drug-likeness (QED) is 0.0412. The second-order valence-electron chi connectivity index (χ2n) is 15.3. The van der Waals surface area contributed by atoms with Crippen LogP contribution in [0.4, 0.5) is 0 Å². The lowest BCUT2D eigenvalue weighted by molar-refractivity contribution is -0.138. The minimum absolute atomic E-state index is 0.0255. The molecule has 4 aromatic carbocycles. The van der Waals surface area contributed by atoms with Gasteiger partial charge in [-0.2, -0.15) is 21.7 Å². The number of aliphatic imine (C=N–C) groups is 1. The lowest BCUT2D eigenvalue weighted by Gasteiger charge is -2.18. The minimum atomic E-state index is -1.51. The number of aliphatic hydroxyl groups excluding tert-OH is 1. The molecular formula is C43H33Cl4N13O8. The maximum Gasteiger partial charge on any atom is 0.338 e. The van der Waals surface area contributed by atoms with Crippen molar-refractivity contribution < 1.29 is 29.7 Å². The van der Waals surface area contributed by atoms with Crippen molar-refractivity contribution in [1.82, 2.24) is 55.1 Å². The Morgan fingerprint density at radius 1 is 0.824 bits per heavy atom. The van der Waals surface area contributed by atoms with Crippen molar-refractivity contribution >= 4 is 114 Å². The number of aliphatic hydroxyl groups is 1. The van der Waals surface area contributed by atoms with Gasteiger partial charge in [0, 0.05) is 23.9 Å². The van der Waals surface area contributed by atoms with Crippen LogP contribution >= 0.6 is 46.4 Å². The number of β-amino-alcohol motifs (C(OH)–C–C–N with tert-alkyl or cyclic N) is 1. The van der Waals surface area contributed by atoms with E-state index in [1.165, 1.54) is 33.9 Å². The van der Waals surface area contributed by atoms with E-state index in [9.17, 15) is 39.3 Å². The number of carboxylic acid groups (broad SMARTS) is 2. The van der Waals surface area contributed by atoms with Crippen LogP contribution in [0.15, 0.2) is 88.2 Å². The molecule has 25 heteroatoms. The molecule has 9 rings (SSSR count). The number of benzene rings is 4. The fraction of sp³-hybridized carbons (Fsp3) is 0.186. The molecule has 0 aliphatic carbocycles. The number of hydrogen-bond acceptors (Lipinski definition) is 11. The first kappa shape index (κ1) is 46.9. The Balaban J connectivity index is 0.000000205. The van der Waals surface area contributed by atoms with Gasteiger partial charge in [-0.25, -0.2) is 24.5 Å². The first-order valence-electron chi connectivity index (χ1n) is 20.1. The maximum atomic E-state index is 13.3. The van der Waals surface area contributed by atoms with Crippen LogP contribution in [0.2, 0.25) is 20.1 Å². The zero-order chi connectivity index (χ0) is 48.4. The average Bonchev–Trinajstić information content (AvgIpc) is 4.08. The van der Waals surface area contributed by atoms with Gasteiger partial charge >= 0.3 is 11.9 Å². The first-order chi connectivity index (χ1) is 32.6. The summed E-state index contributed by atoms with van der Waals surface area (Å²) >= 11 is 25.0. The summed E-state index contributed by atoms with van der Waals surface area (Å²) in [6.45, 7) is 7.76. The fourth-order valence-electron chi connectivity index (χ4n) is 7.44. The molecule has 1 aliphatic heterocycles. The summed E-state index contributed by atoms with van der Waals surface area (Å²) in [6, 6.07) is 12.3. The van der Waals surface area contributed by atoms with Crippen LogP contribution in [0.1, 0.15) is 38.3 Å². The molecule has 4 aromatic heterocycles. The third kappa shape index (κ3) is 9.62. The molecule has 1 aliphatic rings. The van der Waals surface area contributed by atoms with Crippen LogP contribution in [-0.4, -0.2) is 115 Å². The van der Waals surface area contributed by atoms with Gasteiger partial charge in [0.25, 0.3) is 23.0 Å². The molecule has 8 aromatic rings. The highest BCUT2D eigenvalue weighted by Crippen LogP contribution is 2.32. The zero-order valence-electron chi connectivity index (χ0n) is 34.7. The number of carbonyl (C=O) groups is 3. The molecule has 7 N–H and O–H groups in total. The van der Waals surface area contributed by atoms with Gasteiger partial charge in [-0.1, -0.05) is 76.1 Å². The monoisotopic (exact) mass is 999 g/mol. The summed E-state index contributed by atoms with van der Waals surface area (Å²) in [6.07, 6.45) is 5.92. The molecule has 346 valence electrons. The highest BCUT2D eigenvalue weighted by molar-refractivity contribution is 6.43. The van der Waals surface area contributed by atoms with Gasteiger partial charge in [0.05, 0.1) is 115 Å². The molecule has 1 amide bonds. The number of nitrogens with one attached hydrogen (secondary N) is 4. The largest absolute Gasteiger partial charge is 0.480 e. The molecule has 5 heterocycles. The number of halogens is 4. The molecule has 0 radical (unpaired) electrons. The third-order valence-corrected chi connectivity index (χ3v) is 12.2. The van der Waals surface area contributed by atoms with Gasteiger partial charge < -0.3 is 25.5 Å². The van der Waals surface area contributed by atoms with Crippen molar-refractivity contribution in [3.8, 4) is 0 Å². The standard InChI is InChI=1S/C26H23Cl2N9O5.C17H10Cl2N4O3/c1-29-35-26(36-5-4-15(38)11-36)30-9-19(25(41)42)33-23(39)20-17(27)7-16-22(21(20)28)31-12-37(24(16)40)10-13-2-3-14-8-32-34-18(14)6-13;18-11-4-10-15(14(19)13(11)17(25)26)20-7-23(16(10)24)6-8-1-2-9-5-21-22-12(9)3-8/h2-3,6-8,12,15,19,38H,4-5,9-11H2,(H,30,35)(H,32,34)(H,33,39)(H,41,42);1-5,7H,6H2,(H,21,22)(H,25,26)/t15-,19-;/m0./s1. The normalized spacial score (nSPS) is 14.2. The minimum Gasteiger partial charge on any atom is -0.480 e. The van der Waals surface area contributed by atoms with Crippen LogP contribution in [0, 0.1) is 6.57 Å². The number of rotatable bonds is 10. The second kappa shape index (κ2) is 19.7. The SMILES string of the molecule is O=C(O)c1c(Cl)cc2c(=O)n(Cc3ccc4cn[nH]c4c3)cnc2c1Cl.[C-]#[N+]NC(=NC[C@H](NC(=O)c1c(Cl)cc2c(=O)n(Cc3ccc4cn[nH]c4c3)cnc2c1Cl)C(=O)O)N1CC[C@H](O)C1. The molecule has 21 nitrogen and oxygen atoms in total. The Labute approximate surface area is 401 Å². The highest BCUT2D eigenvalue weighted by atomic mass is 35.5. The van der Waals surface area contributed by atoms with E-state index >= 15 is 0 Å². The van der Waals surface area contributed by atoms with Gasteiger partial charge in [-0.05, 0) is 41.8 Å². The van der Waals surface area contributed by atoms with E-state index in [2.05, 4.69) is 51.1 Å². The number of likely N-dealkylation sites (tertiary alicyclic amines) is 1. The van der Waals surface area contributed by atoms with E-state index in [-0.39, 0.29) is 84.2 Å². The van der Waals surface area contributed by atoms with Gasteiger partial charge in [0.2, 0.25) is 0 Å². The van der Waals surface area contributed by atoms with Crippen molar-refractivity contribution in [3.63, 3.8) is 0 Å². The summed E-state index contributed by atoms with van der Waals surface area (Å²) in [5.74, 6) is -3.50. The van der Waals surface area contributed by atoms with E-state index < -0.39 is 42.1 Å². The van der Waals surface area contributed by atoms with Gasteiger partial charge in [-0.3, -0.25) is 33.7 Å². The zero-order valence-corrected chi connectivity index (χ0v) is 37.8. The number of aromatic carboxylic acids is 1. The highest BCUT2D eigenvalue weighted by Gasteiger charge is 2.29. The van der Waals surface area contributed by atoms with Crippen LogP contribution in [0.5, 0.6) is 0 Å². The number of aromatic nitrogens is 8. The van der Waals surface area contributed by atoms with Crippen LogP contribution in [0.3, 0.4) is 0 Å². The van der Waals surface area contributed by atoms with E-state index in [4.69, 9.17) is 53.0 Å². The number of H-pyrrole nitrogens is 2. The van der Waals surface area contributed by atoms with Crippen LogP contribution in [-0.2, 0) is 17.9 Å². The van der Waals surface area contributed by atoms with Crippen molar-refractivity contribution in [2.24, 2.45) is 4.99 Å². The van der Waals surface area contributed by atoms with Gasteiger partial charge in [0.15, 0.2) is 0 Å². The average molecular weight is 1000 g/mol. The van der Waals surface area contributed by atoms with E-state index in [1.807, 2.05) is 36.4 Å². The Hall–Kier alpha value is -7.61. The van der Waals surface area contributed by atoms with Crippen LogP contribution < -0.4 is 21.9 Å². The number of guanidine groups is 1. The molecule has 0 spiro atoms. The molecule has 1 fully saturated rings. The molecule has 68 heavy (non-hydrogen) atoms. The first-order valence-corrected chi connectivity index (χ1v) is 21.6. The fourth-order valence-corrected chi connectivity index (χ4v) is 8.78. The third-order valence-electron chi connectivity index (χ3n) is 10.8. The molecule has 0 saturated carbocycles. The molecule has 0 unspecified atom stereocenters. The van der Waals surface area contributed by atoms with Gasteiger partial charge in [-0.15, -0.1) is 0 Å². The Morgan fingerprint density at radius 3 is 1.84 bits per heavy atom. The summed E-state index contributed by atoms with van der Waals surface area (Å²) in [7, 11) is 0. The molecular weight excluding hydrogens is 968 g/mol. The number of hydrogen-bond donors (Lipinski definition) is 7. The maximum absolute atomic E-state index is 13.3. The van der Waals surface area contributed by atoms with Crippen molar-refractivity contribution in [2.45, 2.75) is 31.7 Å². The van der Waals surface area contributed by atoms with E-state index in [1.54, 1.807) is 17.3 Å². The topological polar surface area (TPSA) is 283 Å².